The molecule has 0 aliphatic heterocycles. The van der Waals surface area contributed by atoms with E-state index in [9.17, 15) is 10.1 Å². The molecule has 0 amide bonds. The lowest BCUT2D eigenvalue weighted by Crippen LogP contribution is -2.14. The number of aromatic nitrogens is 1. The van der Waals surface area contributed by atoms with Gasteiger partial charge < -0.3 is 4.57 Å². The summed E-state index contributed by atoms with van der Waals surface area (Å²) in [5.41, 5.74) is 2.70. The molecular formula is C18H14ClN3O2S. The lowest BCUT2D eigenvalue weighted by atomic mass is 10.1. The molecule has 126 valence electrons. The lowest BCUT2D eigenvalue weighted by Gasteiger charge is -2.06. The van der Waals surface area contributed by atoms with Crippen molar-refractivity contribution in [1.29, 1.82) is 0 Å². The van der Waals surface area contributed by atoms with Gasteiger partial charge in [-0.2, -0.15) is 0 Å². The van der Waals surface area contributed by atoms with Gasteiger partial charge in [0.2, 0.25) is 0 Å². The van der Waals surface area contributed by atoms with Crippen molar-refractivity contribution >= 4 is 34.3 Å². The lowest BCUT2D eigenvalue weighted by molar-refractivity contribution is -0.384. The van der Waals surface area contributed by atoms with E-state index >= 15 is 0 Å². The molecular weight excluding hydrogens is 358 g/mol. The Morgan fingerprint density at radius 1 is 1.20 bits per heavy atom. The Hall–Kier alpha value is -2.70. The minimum Gasteiger partial charge on any atom is -0.313 e. The number of non-ortho nitro benzene ring substituents is 1. The molecule has 0 bridgehead atoms. The highest BCUT2D eigenvalue weighted by molar-refractivity contribution is 7.07. The van der Waals surface area contributed by atoms with E-state index in [0.29, 0.717) is 11.6 Å². The standard InChI is InChI=1S/C18H14ClN3O2S/c1-2-11-21-17(13-3-9-16(10-4-13)22(23)24)12-25-18(21)20-15-7-5-14(19)6-8-15/h2-10,12H,1,11H2. The molecule has 0 radical (unpaired) electrons. The summed E-state index contributed by atoms with van der Waals surface area (Å²) in [4.78, 5) is 15.9. The summed E-state index contributed by atoms with van der Waals surface area (Å²) in [5.74, 6) is 0. The summed E-state index contributed by atoms with van der Waals surface area (Å²) in [7, 11) is 0. The van der Waals surface area contributed by atoms with Crippen molar-refractivity contribution in [3.63, 3.8) is 0 Å². The summed E-state index contributed by atoms with van der Waals surface area (Å²) in [6.07, 6.45) is 1.79. The number of nitro benzene ring substituents is 1. The number of thiazole rings is 1. The van der Waals surface area contributed by atoms with Crippen LogP contribution in [-0.2, 0) is 6.54 Å². The summed E-state index contributed by atoms with van der Waals surface area (Å²) in [6, 6.07) is 13.8. The molecule has 0 fully saturated rings. The first kappa shape index (κ1) is 17.1. The second kappa shape index (κ2) is 7.46. The number of allylic oxidation sites excluding steroid dienone is 1. The number of rotatable bonds is 5. The van der Waals surface area contributed by atoms with Gasteiger partial charge >= 0.3 is 0 Å². The van der Waals surface area contributed by atoms with Crippen LogP contribution in [0.25, 0.3) is 11.3 Å². The van der Waals surface area contributed by atoms with E-state index in [2.05, 4.69) is 11.6 Å². The molecule has 0 saturated heterocycles. The number of hydrogen-bond acceptors (Lipinski definition) is 4. The van der Waals surface area contributed by atoms with E-state index in [0.717, 1.165) is 21.7 Å². The van der Waals surface area contributed by atoms with Crippen molar-refractivity contribution in [2.45, 2.75) is 6.54 Å². The molecule has 1 aromatic heterocycles. The first-order valence-corrected chi connectivity index (χ1v) is 8.68. The first-order valence-electron chi connectivity index (χ1n) is 7.43. The maximum Gasteiger partial charge on any atom is 0.269 e. The molecule has 25 heavy (non-hydrogen) atoms. The zero-order valence-corrected chi connectivity index (χ0v) is 14.7. The summed E-state index contributed by atoms with van der Waals surface area (Å²) < 4.78 is 2.02. The molecule has 0 unspecified atom stereocenters. The fourth-order valence-electron chi connectivity index (χ4n) is 2.33. The highest BCUT2D eigenvalue weighted by Gasteiger charge is 2.10. The van der Waals surface area contributed by atoms with Crippen LogP contribution in [0.2, 0.25) is 5.02 Å². The number of nitrogens with zero attached hydrogens (tertiary/aromatic N) is 3. The minimum atomic E-state index is -0.406. The van der Waals surface area contributed by atoms with Gasteiger partial charge in [0.15, 0.2) is 4.80 Å². The summed E-state index contributed by atoms with van der Waals surface area (Å²) >= 11 is 7.41. The van der Waals surface area contributed by atoms with Crippen LogP contribution >= 0.6 is 22.9 Å². The fraction of sp³-hybridized carbons (Fsp3) is 0.0556. The zero-order valence-electron chi connectivity index (χ0n) is 13.1. The third-order valence-corrected chi connectivity index (χ3v) is 4.65. The van der Waals surface area contributed by atoms with Crippen molar-refractivity contribution in [2.75, 3.05) is 0 Å². The largest absolute Gasteiger partial charge is 0.313 e. The Balaban J connectivity index is 2.06. The summed E-state index contributed by atoms with van der Waals surface area (Å²) in [5, 5.41) is 13.5. The van der Waals surface area contributed by atoms with Crippen LogP contribution in [0.5, 0.6) is 0 Å². The third-order valence-electron chi connectivity index (χ3n) is 3.53. The minimum absolute atomic E-state index is 0.0697. The van der Waals surface area contributed by atoms with Gasteiger partial charge in [0, 0.05) is 29.1 Å². The van der Waals surface area contributed by atoms with Crippen LogP contribution in [0, 0.1) is 10.1 Å². The first-order chi connectivity index (χ1) is 12.1. The molecule has 1 heterocycles. The Kier molecular flexibility index (Phi) is 5.11. The average molecular weight is 372 g/mol. The third kappa shape index (κ3) is 3.87. The van der Waals surface area contributed by atoms with Gasteiger partial charge in [0.05, 0.1) is 16.3 Å². The molecule has 3 rings (SSSR count). The molecule has 0 saturated carbocycles. The smallest absolute Gasteiger partial charge is 0.269 e. The van der Waals surface area contributed by atoms with Gasteiger partial charge in [-0.3, -0.25) is 10.1 Å². The van der Waals surface area contributed by atoms with Crippen LogP contribution in [-0.4, -0.2) is 9.49 Å². The zero-order chi connectivity index (χ0) is 17.8. The van der Waals surface area contributed by atoms with Gasteiger partial charge in [0.25, 0.3) is 5.69 Å². The molecule has 3 aromatic rings. The van der Waals surface area contributed by atoms with E-state index in [1.165, 1.54) is 23.5 Å². The topological polar surface area (TPSA) is 60.4 Å². The maximum absolute atomic E-state index is 10.8. The van der Waals surface area contributed by atoms with Gasteiger partial charge in [-0.25, -0.2) is 4.99 Å². The Morgan fingerprint density at radius 2 is 1.88 bits per heavy atom. The van der Waals surface area contributed by atoms with Crippen molar-refractivity contribution in [1.82, 2.24) is 4.57 Å². The molecule has 0 spiro atoms. The number of benzene rings is 2. The van der Waals surface area contributed by atoms with E-state index in [-0.39, 0.29) is 5.69 Å². The Morgan fingerprint density at radius 3 is 2.48 bits per heavy atom. The fourth-order valence-corrected chi connectivity index (χ4v) is 3.40. The molecule has 0 N–H and O–H groups in total. The van der Waals surface area contributed by atoms with Crippen molar-refractivity contribution in [3.05, 3.63) is 86.5 Å². The van der Waals surface area contributed by atoms with E-state index in [1.54, 1.807) is 30.3 Å². The second-order valence-electron chi connectivity index (χ2n) is 5.20. The van der Waals surface area contributed by atoms with Gasteiger partial charge in [-0.15, -0.1) is 17.9 Å². The van der Waals surface area contributed by atoms with Crippen molar-refractivity contribution < 1.29 is 4.92 Å². The highest BCUT2D eigenvalue weighted by Crippen LogP contribution is 2.24. The number of halogens is 1. The van der Waals surface area contributed by atoms with Crippen LogP contribution in [0.15, 0.2) is 71.6 Å². The normalized spacial score (nSPS) is 11.5. The molecule has 5 nitrogen and oxygen atoms in total. The van der Waals surface area contributed by atoms with Gasteiger partial charge in [-0.1, -0.05) is 17.7 Å². The molecule has 2 aromatic carbocycles. The van der Waals surface area contributed by atoms with Crippen molar-refractivity contribution in [2.24, 2.45) is 4.99 Å². The van der Waals surface area contributed by atoms with Crippen LogP contribution < -0.4 is 4.80 Å². The highest BCUT2D eigenvalue weighted by atomic mass is 35.5. The van der Waals surface area contributed by atoms with Gasteiger partial charge in [-0.05, 0) is 42.0 Å². The number of hydrogen-bond donors (Lipinski definition) is 0. The number of nitro groups is 1. The molecule has 7 heteroatoms. The molecule has 0 aliphatic carbocycles. The van der Waals surface area contributed by atoms with Crippen LogP contribution in [0.1, 0.15) is 0 Å². The summed E-state index contributed by atoms with van der Waals surface area (Å²) in [6.45, 7) is 4.39. The Bertz CT molecular complexity index is 973. The second-order valence-corrected chi connectivity index (χ2v) is 6.47. The SMILES string of the molecule is C=CCn1c(-c2ccc([N+](=O)[O-])cc2)csc1=Nc1ccc(Cl)cc1. The van der Waals surface area contributed by atoms with E-state index in [1.807, 2.05) is 22.1 Å². The van der Waals surface area contributed by atoms with E-state index < -0.39 is 4.92 Å². The predicted octanol–water partition coefficient (Wildman–Crippen LogP) is 5.20. The quantitative estimate of drug-likeness (QED) is 0.351. The maximum atomic E-state index is 10.8. The molecule has 0 aliphatic rings. The van der Waals surface area contributed by atoms with Crippen LogP contribution in [0.3, 0.4) is 0 Å². The van der Waals surface area contributed by atoms with Gasteiger partial charge in [0.1, 0.15) is 0 Å². The van der Waals surface area contributed by atoms with E-state index in [4.69, 9.17) is 11.6 Å². The van der Waals surface area contributed by atoms with Crippen LogP contribution in [0.4, 0.5) is 11.4 Å². The average Bonchev–Trinajstić information content (AvgIpc) is 3.00. The monoisotopic (exact) mass is 371 g/mol. The Labute approximate surface area is 153 Å². The van der Waals surface area contributed by atoms with Crippen molar-refractivity contribution in [3.8, 4) is 11.3 Å². The molecule has 0 atom stereocenters. The predicted molar refractivity (Wildman–Crippen MR) is 101 cm³/mol.